The van der Waals surface area contributed by atoms with Crippen molar-refractivity contribution in [3.63, 3.8) is 0 Å². The van der Waals surface area contributed by atoms with Gasteiger partial charge in [0.15, 0.2) is 0 Å². The van der Waals surface area contributed by atoms with Crippen LogP contribution in [-0.4, -0.2) is 12.7 Å². The molecule has 1 fully saturated rings. The van der Waals surface area contributed by atoms with Crippen LogP contribution >= 0.6 is 0 Å². The third kappa shape index (κ3) is 1.78. The maximum Gasteiger partial charge on any atom is 0.0690 e. The quantitative estimate of drug-likeness (QED) is 0.647. The Morgan fingerprint density at radius 1 is 1.50 bits per heavy atom. The second-order valence-electron chi connectivity index (χ2n) is 4.39. The predicted octanol–water partition coefficient (Wildman–Crippen LogP) is 2.50. The molecule has 12 heavy (non-hydrogen) atoms. The maximum absolute atomic E-state index is 8.99. The van der Waals surface area contributed by atoms with E-state index in [0.717, 1.165) is 19.3 Å². The molecule has 0 radical (unpaired) electrons. The van der Waals surface area contributed by atoms with E-state index < -0.39 is 0 Å². The molecule has 0 N–H and O–H groups in total. The first kappa shape index (κ1) is 9.54. The first-order chi connectivity index (χ1) is 5.54. The Hall–Kier alpha value is -0.550. The molecular weight excluding hydrogens is 150 g/mol. The lowest BCUT2D eigenvalue weighted by Crippen LogP contribution is -2.37. The molecule has 0 unspecified atom stereocenters. The first-order valence-corrected chi connectivity index (χ1v) is 4.50. The van der Waals surface area contributed by atoms with Gasteiger partial charge in [0.2, 0.25) is 0 Å². The van der Waals surface area contributed by atoms with Crippen LogP contribution in [0.2, 0.25) is 0 Å². The minimum absolute atomic E-state index is 0.0699. The Morgan fingerprint density at radius 2 is 2.08 bits per heavy atom. The lowest BCUT2D eigenvalue weighted by molar-refractivity contribution is -0.0253. The summed E-state index contributed by atoms with van der Waals surface area (Å²) in [7, 11) is 1.71. The highest BCUT2D eigenvalue weighted by Crippen LogP contribution is 2.46. The van der Waals surface area contributed by atoms with Crippen LogP contribution in [-0.2, 0) is 4.74 Å². The van der Waals surface area contributed by atoms with Gasteiger partial charge >= 0.3 is 0 Å². The van der Waals surface area contributed by atoms with E-state index in [1.165, 1.54) is 6.42 Å². The third-order valence-electron chi connectivity index (χ3n) is 2.86. The highest BCUT2D eigenvalue weighted by atomic mass is 16.5. The maximum atomic E-state index is 8.99. The second kappa shape index (κ2) is 3.06. The van der Waals surface area contributed by atoms with Crippen LogP contribution in [0, 0.1) is 16.7 Å². The molecule has 1 saturated carbocycles. The summed E-state index contributed by atoms with van der Waals surface area (Å²) in [4.78, 5) is 0. The number of rotatable bonds is 3. The zero-order valence-corrected chi connectivity index (χ0v) is 8.18. The van der Waals surface area contributed by atoms with Crippen LogP contribution in [0.25, 0.3) is 0 Å². The minimum Gasteiger partial charge on any atom is -0.379 e. The van der Waals surface area contributed by atoms with Crippen LogP contribution in [0.3, 0.4) is 0 Å². The van der Waals surface area contributed by atoms with Gasteiger partial charge in [-0.2, -0.15) is 5.26 Å². The molecule has 0 spiro atoms. The molecule has 0 aromatic rings. The summed E-state index contributed by atoms with van der Waals surface area (Å²) in [5.74, 6) is 0. The van der Waals surface area contributed by atoms with Crippen molar-refractivity contribution in [3.05, 3.63) is 0 Å². The van der Waals surface area contributed by atoms with E-state index >= 15 is 0 Å². The molecule has 1 rings (SSSR count). The van der Waals surface area contributed by atoms with Crippen LogP contribution < -0.4 is 0 Å². The van der Waals surface area contributed by atoms with Gasteiger partial charge in [0.25, 0.3) is 0 Å². The third-order valence-corrected chi connectivity index (χ3v) is 2.86. The van der Waals surface area contributed by atoms with Crippen molar-refractivity contribution in [2.45, 2.75) is 45.1 Å². The molecule has 0 atom stereocenters. The van der Waals surface area contributed by atoms with Gasteiger partial charge in [0.05, 0.1) is 17.1 Å². The molecule has 0 aliphatic heterocycles. The van der Waals surface area contributed by atoms with Crippen molar-refractivity contribution in [1.82, 2.24) is 0 Å². The summed E-state index contributed by atoms with van der Waals surface area (Å²) in [6.07, 6.45) is 4.17. The summed E-state index contributed by atoms with van der Waals surface area (Å²) < 4.78 is 5.32. The fourth-order valence-corrected chi connectivity index (χ4v) is 1.82. The van der Waals surface area contributed by atoms with Crippen molar-refractivity contribution in [2.24, 2.45) is 5.41 Å². The van der Waals surface area contributed by atoms with Crippen molar-refractivity contribution < 1.29 is 4.74 Å². The average Bonchev–Trinajstić information content (AvgIpc) is 1.97. The van der Waals surface area contributed by atoms with E-state index in [4.69, 9.17) is 10.00 Å². The number of nitriles is 1. The van der Waals surface area contributed by atoms with Crippen LogP contribution in [0.15, 0.2) is 0 Å². The average molecular weight is 167 g/mol. The first-order valence-electron chi connectivity index (χ1n) is 4.50. The predicted molar refractivity (Wildman–Crippen MR) is 47.6 cm³/mol. The Balaban J connectivity index is 2.55. The van der Waals surface area contributed by atoms with E-state index in [-0.39, 0.29) is 11.0 Å². The van der Waals surface area contributed by atoms with Crippen molar-refractivity contribution in [1.29, 1.82) is 5.26 Å². The Morgan fingerprint density at radius 3 is 2.33 bits per heavy atom. The van der Waals surface area contributed by atoms with E-state index in [1.54, 1.807) is 7.11 Å². The lowest BCUT2D eigenvalue weighted by atomic mass is 9.65. The fourth-order valence-electron chi connectivity index (χ4n) is 1.82. The van der Waals surface area contributed by atoms with Gasteiger partial charge in [0.1, 0.15) is 0 Å². The molecule has 68 valence electrons. The topological polar surface area (TPSA) is 33.0 Å². The Labute approximate surface area is 74.5 Å². The minimum atomic E-state index is -0.143. The summed E-state index contributed by atoms with van der Waals surface area (Å²) in [5.41, 5.74) is -0.213. The summed E-state index contributed by atoms with van der Waals surface area (Å²) in [6, 6.07) is 2.43. The molecule has 2 nitrogen and oxygen atoms in total. The van der Waals surface area contributed by atoms with E-state index in [9.17, 15) is 0 Å². The van der Waals surface area contributed by atoms with Gasteiger partial charge in [-0.25, -0.2) is 0 Å². The van der Waals surface area contributed by atoms with Crippen LogP contribution in [0.1, 0.15) is 39.5 Å². The fraction of sp³-hybridized carbons (Fsp3) is 0.900. The Bertz CT molecular complexity index is 198. The van der Waals surface area contributed by atoms with Crippen molar-refractivity contribution in [3.8, 4) is 6.07 Å². The molecule has 0 saturated heterocycles. The Kier molecular flexibility index (Phi) is 2.44. The van der Waals surface area contributed by atoms with Crippen molar-refractivity contribution in [2.75, 3.05) is 7.11 Å². The highest BCUT2D eigenvalue weighted by Gasteiger charge is 2.41. The normalized spacial score (nSPS) is 21.2. The smallest absolute Gasteiger partial charge is 0.0690 e. The number of hydrogen-bond acceptors (Lipinski definition) is 2. The van der Waals surface area contributed by atoms with Gasteiger partial charge < -0.3 is 4.74 Å². The van der Waals surface area contributed by atoms with E-state index in [1.807, 2.05) is 13.8 Å². The number of nitrogens with zero attached hydrogens (tertiary/aromatic N) is 1. The summed E-state index contributed by atoms with van der Waals surface area (Å²) in [6.45, 7) is 4.09. The van der Waals surface area contributed by atoms with E-state index in [2.05, 4.69) is 6.07 Å². The van der Waals surface area contributed by atoms with Gasteiger partial charge in [-0.1, -0.05) is 6.42 Å². The zero-order chi connectivity index (χ0) is 9.24. The molecule has 0 bridgehead atoms. The second-order valence-corrected chi connectivity index (χ2v) is 4.39. The van der Waals surface area contributed by atoms with Gasteiger partial charge in [-0.3, -0.25) is 0 Å². The molecule has 0 heterocycles. The molecule has 0 aromatic carbocycles. The van der Waals surface area contributed by atoms with Crippen LogP contribution in [0.5, 0.6) is 0 Å². The summed E-state index contributed by atoms with van der Waals surface area (Å²) in [5, 5.41) is 8.99. The molecule has 2 heteroatoms. The van der Waals surface area contributed by atoms with E-state index in [0.29, 0.717) is 0 Å². The number of ether oxygens (including phenoxy) is 1. The number of hydrogen-bond donors (Lipinski definition) is 0. The zero-order valence-electron chi connectivity index (χ0n) is 8.18. The van der Waals surface area contributed by atoms with Gasteiger partial charge in [-0.15, -0.1) is 0 Å². The largest absolute Gasteiger partial charge is 0.379 e. The number of methoxy groups -OCH3 is 1. The molecule has 0 aromatic heterocycles. The molecule has 1 aliphatic carbocycles. The molecule has 0 amide bonds. The standard InChI is InChI=1S/C10H17NO/c1-9(2,12-3)7-10(8-11)5-4-6-10/h4-7H2,1-3H3. The monoisotopic (exact) mass is 167 g/mol. The highest BCUT2D eigenvalue weighted by molar-refractivity contribution is 5.06. The SMILES string of the molecule is COC(C)(C)CC1(C#N)CCC1. The lowest BCUT2D eigenvalue weighted by Gasteiger charge is -2.40. The summed E-state index contributed by atoms with van der Waals surface area (Å²) >= 11 is 0. The van der Waals surface area contributed by atoms with Gasteiger partial charge in [-0.05, 0) is 33.1 Å². The van der Waals surface area contributed by atoms with Crippen molar-refractivity contribution >= 4 is 0 Å². The molecule has 1 aliphatic rings. The van der Waals surface area contributed by atoms with Gasteiger partial charge in [0, 0.05) is 7.11 Å². The molecular formula is C10H17NO. The van der Waals surface area contributed by atoms with Crippen LogP contribution in [0.4, 0.5) is 0 Å².